The predicted molar refractivity (Wildman–Crippen MR) is 140 cm³/mol. The summed E-state index contributed by atoms with van der Waals surface area (Å²) in [5, 5.41) is 82.5. The molecule has 8 heterocycles. The van der Waals surface area contributed by atoms with Crippen molar-refractivity contribution in [2.75, 3.05) is 0 Å². The smallest absolute Gasteiger partial charge is 0.402 e. The topological polar surface area (TPSA) is 611 Å². The van der Waals surface area contributed by atoms with E-state index in [-0.39, 0.29) is 97.5 Å². The molecule has 0 aliphatic carbocycles. The van der Waals surface area contributed by atoms with E-state index in [1.807, 2.05) is 0 Å². The predicted octanol–water partition coefficient (Wildman–Crippen LogP) is -10.2. The van der Waals surface area contributed by atoms with E-state index < -0.39 is 0 Å². The Hall–Kier alpha value is -8.53. The van der Waals surface area contributed by atoms with Crippen molar-refractivity contribution in [3.63, 3.8) is 0 Å². The van der Waals surface area contributed by atoms with Crippen LogP contribution in [0.4, 0.5) is 4.79 Å². The highest BCUT2D eigenvalue weighted by Gasteiger charge is 2.24. The summed E-state index contributed by atoms with van der Waals surface area (Å²) in [6.45, 7) is 0. The second-order valence-corrected chi connectivity index (χ2v) is 7.43. The van der Waals surface area contributed by atoms with Crippen molar-refractivity contribution < 1.29 is 66.4 Å². The van der Waals surface area contributed by atoms with Crippen molar-refractivity contribution in [1.82, 2.24) is 135 Å². The Morgan fingerprint density at radius 2 is 0.923 bits per heavy atom. The highest BCUT2D eigenvalue weighted by molar-refractivity contribution is 5.70. The number of aromatic nitrogens is 24. The summed E-state index contributed by atoms with van der Waals surface area (Å²) in [5.41, 5.74) is 4.49. The normalized spacial score (nSPS) is 9.58. The van der Waals surface area contributed by atoms with Crippen LogP contribution in [0.5, 0.6) is 23.5 Å². The van der Waals surface area contributed by atoms with Gasteiger partial charge in [0, 0.05) is 0 Å². The Balaban J connectivity index is 0.000000293. The molecule has 0 saturated heterocycles. The molecule has 0 saturated carbocycles. The summed E-state index contributed by atoms with van der Waals surface area (Å²) >= 11 is 0. The number of nitrogens with zero attached hydrogens (tertiary/aromatic N) is 22. The molecule has 0 aromatic carbocycles. The van der Waals surface area contributed by atoms with E-state index in [2.05, 4.69) is 165 Å². The average molecular weight is 742 g/mol. The first-order chi connectivity index (χ1) is 23.6. The maximum atomic E-state index is 9.83. The number of rotatable bonds is 8. The molecule has 8 aromatic heterocycles. The van der Waals surface area contributed by atoms with E-state index in [1.165, 1.54) is 0 Å². The molecular weight excluding hydrogens is 724 g/mol. The van der Waals surface area contributed by atoms with Gasteiger partial charge in [-0.15, -0.1) is 20.4 Å². The van der Waals surface area contributed by atoms with E-state index >= 15 is 0 Å². The van der Waals surface area contributed by atoms with E-state index in [4.69, 9.17) is 9.47 Å². The molecular formula is C13H18N28O11. The Morgan fingerprint density at radius 1 is 0.558 bits per heavy atom. The Kier molecular flexibility index (Phi) is 14.3. The van der Waals surface area contributed by atoms with Crippen molar-refractivity contribution in [1.29, 1.82) is 0 Å². The molecule has 39 heteroatoms. The number of hydrogen-bond acceptors (Lipinski definition) is 27. The minimum absolute atomic E-state index is 0. The molecule has 18 N–H and O–H groups in total. The fourth-order valence-electron chi connectivity index (χ4n) is 2.78. The van der Waals surface area contributed by atoms with Crippen molar-refractivity contribution in [3.05, 3.63) is 0 Å². The van der Waals surface area contributed by atoms with Crippen molar-refractivity contribution in [2.45, 2.75) is 0 Å². The first-order valence-corrected chi connectivity index (χ1v) is 11.8. The third-order valence-corrected chi connectivity index (χ3v) is 4.72. The SMILES string of the molecule is O.O.O.O.[NH3+]NC(=O)N[NH3+].n1n[n-]c(-c2nonc2Oc2nonc2-c2nn[nH]n2)n1.n1n[n-]c(-c2nonc2Oc2nonc2-c2nn[nH]n2)n1. The number of carbonyl (C=O) groups is 1. The van der Waals surface area contributed by atoms with Gasteiger partial charge in [-0.2, -0.15) is 31.7 Å². The van der Waals surface area contributed by atoms with Gasteiger partial charge in [0.05, 0.1) is 11.6 Å². The zero-order valence-electron chi connectivity index (χ0n) is 24.6. The molecule has 8 aromatic rings. The molecule has 276 valence electrons. The van der Waals surface area contributed by atoms with Gasteiger partial charge in [-0.3, -0.25) is 32.3 Å². The van der Waals surface area contributed by atoms with Crippen LogP contribution >= 0.6 is 0 Å². The van der Waals surface area contributed by atoms with Crippen molar-refractivity contribution in [3.8, 4) is 69.6 Å². The lowest BCUT2D eigenvalue weighted by atomic mass is 10.4. The molecule has 0 bridgehead atoms. The summed E-state index contributed by atoms with van der Waals surface area (Å²) in [7, 11) is 0. The first kappa shape index (κ1) is 39.6. The molecule has 0 radical (unpaired) electrons. The maximum Gasteiger partial charge on any atom is 0.402 e. The minimum atomic E-state index is -0.380. The minimum Gasteiger partial charge on any atom is -0.412 e. The largest absolute Gasteiger partial charge is 0.412 e. The number of carbonyl (C=O) groups excluding carboxylic acids is 1. The average Bonchev–Trinajstić information content (AvgIpc) is 3.97. The first-order valence-electron chi connectivity index (χ1n) is 11.8. The van der Waals surface area contributed by atoms with E-state index in [1.54, 1.807) is 0 Å². The van der Waals surface area contributed by atoms with Crippen LogP contribution in [0.15, 0.2) is 18.5 Å². The molecule has 39 nitrogen and oxygen atoms in total. The molecule has 0 spiro atoms. The van der Waals surface area contributed by atoms with Gasteiger partial charge in [-0.05, 0) is 51.7 Å². The van der Waals surface area contributed by atoms with Crippen LogP contribution in [0.3, 0.4) is 0 Å². The number of H-pyrrole nitrogens is 2. The van der Waals surface area contributed by atoms with Gasteiger partial charge >= 0.3 is 6.03 Å². The van der Waals surface area contributed by atoms with E-state index in [0.717, 1.165) is 0 Å². The number of aromatic amines is 2. The fourth-order valence-corrected chi connectivity index (χ4v) is 2.78. The monoisotopic (exact) mass is 742 g/mol. The van der Waals surface area contributed by atoms with Gasteiger partial charge in [0.25, 0.3) is 23.5 Å². The zero-order valence-corrected chi connectivity index (χ0v) is 24.6. The number of hydrogen-bond donors (Lipinski definition) is 6. The van der Waals surface area contributed by atoms with Crippen molar-refractivity contribution in [2.24, 2.45) is 0 Å². The Labute approximate surface area is 277 Å². The quantitative estimate of drug-likeness (QED) is 0.0787. The molecule has 0 fully saturated rings. The van der Waals surface area contributed by atoms with Crippen LogP contribution in [0.1, 0.15) is 0 Å². The van der Waals surface area contributed by atoms with Gasteiger partial charge < -0.3 is 41.6 Å². The molecule has 0 aliphatic heterocycles. The van der Waals surface area contributed by atoms with E-state index in [9.17, 15) is 4.79 Å². The molecule has 52 heavy (non-hydrogen) atoms. The molecule has 2 amide bonds. The lowest BCUT2D eigenvalue weighted by Gasteiger charge is -1.98. The summed E-state index contributed by atoms with van der Waals surface area (Å²) in [6.07, 6.45) is 0. The molecule has 0 aliphatic rings. The summed E-state index contributed by atoms with van der Waals surface area (Å²) < 4.78 is 29.0. The maximum absolute atomic E-state index is 9.83. The summed E-state index contributed by atoms with van der Waals surface area (Å²) in [4.78, 5) is 9.83. The van der Waals surface area contributed by atoms with Gasteiger partial charge in [0.1, 0.15) is 0 Å². The molecule has 0 atom stereocenters. The summed E-state index contributed by atoms with van der Waals surface area (Å²) in [6, 6.07) is -0.380. The number of nitrogens with one attached hydrogen (secondary N) is 4. The van der Waals surface area contributed by atoms with Crippen molar-refractivity contribution >= 4 is 6.03 Å². The van der Waals surface area contributed by atoms with E-state index in [0.29, 0.717) is 0 Å². The number of amides is 2. The highest BCUT2D eigenvalue weighted by atomic mass is 16.6. The van der Waals surface area contributed by atoms with Crippen LogP contribution < -0.4 is 42.2 Å². The number of ether oxygens (including phenoxy) is 2. The third-order valence-electron chi connectivity index (χ3n) is 4.72. The van der Waals surface area contributed by atoms with Crippen LogP contribution in [-0.4, -0.2) is 141 Å². The Morgan fingerprint density at radius 3 is 1.21 bits per heavy atom. The second-order valence-electron chi connectivity index (χ2n) is 7.43. The molecule has 8 rings (SSSR count). The lowest BCUT2D eigenvalue weighted by molar-refractivity contribution is -0.451. The summed E-state index contributed by atoms with van der Waals surface area (Å²) in [5.74, 6) is 6.21. The zero-order chi connectivity index (χ0) is 33.1. The van der Waals surface area contributed by atoms with Crippen LogP contribution in [0.25, 0.3) is 46.1 Å². The van der Waals surface area contributed by atoms with Gasteiger partial charge in [-0.25, -0.2) is 23.3 Å². The van der Waals surface area contributed by atoms with Gasteiger partial charge in [-0.1, -0.05) is 0 Å². The fraction of sp³-hybridized carbons (Fsp3) is 0. The van der Waals surface area contributed by atoms with Gasteiger partial charge in [0.2, 0.25) is 23.0 Å². The number of urea groups is 1. The number of quaternary nitrogens is 2. The standard InChI is InChI=1S/2C6HN12O3.CH6N4O.4H2O/c2*7-3(8-16-15-7)1-5(13-20-11-1)19-6-2(12-21-14-6)4-9-17-18-10-4;2-4-1(6)5-3;;;;/h2*(H-,7,8,9,10,15,16,17,18);2-3H2,(H2,4,5,6);4*1H2/q2*-1;;;;;/p+2. The van der Waals surface area contributed by atoms with Crippen LogP contribution in [0.2, 0.25) is 0 Å². The Bertz CT molecular complexity index is 1810. The highest BCUT2D eigenvalue weighted by Crippen LogP contribution is 2.32. The van der Waals surface area contributed by atoms with Crippen LogP contribution in [0, 0.1) is 0 Å². The lowest BCUT2D eigenvalue weighted by Crippen LogP contribution is -2.77. The molecule has 0 unspecified atom stereocenters. The third kappa shape index (κ3) is 8.88. The van der Waals surface area contributed by atoms with Crippen LogP contribution in [-0.2, 0) is 0 Å². The second kappa shape index (κ2) is 18.7. The van der Waals surface area contributed by atoms with Gasteiger partial charge in [0.15, 0.2) is 11.4 Å². The number of tetrazole rings is 4.